The van der Waals surface area contributed by atoms with Gasteiger partial charge in [-0.05, 0) is 170 Å². The number of carbonyl (C=O) groups excluding carboxylic acids is 2. The summed E-state index contributed by atoms with van der Waals surface area (Å²) in [6.45, 7) is 5.12. The number of methoxy groups -OCH3 is 1. The number of aliphatic carboxylic acids is 1. The van der Waals surface area contributed by atoms with Crippen LogP contribution in [0.4, 0.5) is 13.2 Å². The number of fused-ring (bicyclic) bond motifs is 4. The molecule has 12 rings (SSSR count). The van der Waals surface area contributed by atoms with Gasteiger partial charge < -0.3 is 43.7 Å². The number of carbonyl (C=O) groups is 4. The van der Waals surface area contributed by atoms with Crippen LogP contribution in [0, 0.1) is 0 Å². The van der Waals surface area contributed by atoms with E-state index in [0.29, 0.717) is 21.6 Å². The van der Waals surface area contributed by atoms with Gasteiger partial charge in [0.1, 0.15) is 25.6 Å². The fourth-order valence-corrected chi connectivity index (χ4v) is 9.51. The van der Waals surface area contributed by atoms with Gasteiger partial charge in [-0.25, -0.2) is 34.1 Å². The maximum atomic E-state index is 12.4. The highest BCUT2D eigenvalue weighted by Crippen LogP contribution is 2.28. The van der Waals surface area contributed by atoms with Crippen LogP contribution in [0.15, 0.2) is 170 Å². The summed E-state index contributed by atoms with van der Waals surface area (Å²) in [4.78, 5) is 43.9. The predicted octanol–water partition coefficient (Wildman–Crippen LogP) is 14.8. The summed E-state index contributed by atoms with van der Waals surface area (Å²) in [5.41, 5.74) is 4.65. The van der Waals surface area contributed by atoms with Gasteiger partial charge in [0.2, 0.25) is 23.0 Å². The maximum absolute atomic E-state index is 12.4. The van der Waals surface area contributed by atoms with Crippen molar-refractivity contribution in [3.05, 3.63) is 235 Å². The second-order valence-corrected chi connectivity index (χ2v) is 21.9. The standard InChI is InChI=1S/C24H22ClN3O4.C16H14ClN3O3.C14H10ClN3O3.C11H9ClO.C2HF3O2/c1-3-31-24(29)22-23(28(27-26-22)14-16-5-10-21(30-2)11-6-16)32-15-17-4-7-19-13-20(25)9-8-18(19)12-17;1-2-22-16(21)14-15(19-20-18-14)23-9-10-3-4-12-8-13(17)6-5-11(12)7-10;15-11-4-3-9-5-8(1-2-10(9)6-11)7-21-13-12(14(19)20)16-18-17-13;12-11-4-3-9-5-8(7-13)1-2-10(9)6-11;3-2(4,5)1(6)7/h4-13H,3,14-15H2,1-2H3;3-8H,2,9H2,1H3,(H,18,19,20);1-6H,7H2,(H,19,20)(H,16,17,18);1-6,13H,7H2;(H,6,7). The first-order valence-electron chi connectivity index (χ1n) is 28.6. The smallest absolute Gasteiger partial charge is 0.490 e. The van der Waals surface area contributed by atoms with E-state index in [1.54, 1.807) is 25.6 Å². The number of aliphatic hydroxyl groups is 1. The van der Waals surface area contributed by atoms with Crippen molar-refractivity contribution in [2.45, 2.75) is 53.0 Å². The molecule has 0 radical (unpaired) electrons. The highest BCUT2D eigenvalue weighted by molar-refractivity contribution is 6.32. The zero-order valence-electron chi connectivity index (χ0n) is 50.8. The van der Waals surface area contributed by atoms with Gasteiger partial charge in [-0.15, -0.1) is 5.10 Å². The molecular formula is C67H56Cl4F3N9O13. The number of aromatic amines is 2. The normalized spacial score (nSPS) is 10.8. The Hall–Kier alpha value is -10.6. The van der Waals surface area contributed by atoms with Crippen molar-refractivity contribution in [1.82, 2.24) is 45.8 Å². The molecular weight excluding hydrogens is 1340 g/mol. The number of aromatic nitrogens is 9. The third kappa shape index (κ3) is 20.2. The highest BCUT2D eigenvalue weighted by atomic mass is 35.5. The summed E-state index contributed by atoms with van der Waals surface area (Å²) in [5.74, 6) is -3.92. The number of carboxylic acid groups (broad SMARTS) is 2. The van der Waals surface area contributed by atoms with Crippen LogP contribution in [0.5, 0.6) is 23.4 Å². The summed E-state index contributed by atoms with van der Waals surface area (Å²) in [6.07, 6.45) is -5.08. The Morgan fingerprint density at radius 2 is 0.854 bits per heavy atom. The third-order valence-corrected chi connectivity index (χ3v) is 14.3. The molecule has 29 heteroatoms. The first kappa shape index (κ1) is 71.3. The van der Waals surface area contributed by atoms with Gasteiger partial charge in [0, 0.05) is 20.1 Å². The monoisotopic (exact) mass is 1390 g/mol. The Kier molecular flexibility index (Phi) is 25.3. The van der Waals surface area contributed by atoms with Crippen molar-refractivity contribution in [3.8, 4) is 23.4 Å². The van der Waals surface area contributed by atoms with Gasteiger partial charge in [-0.3, -0.25) is 0 Å². The minimum atomic E-state index is -5.08. The van der Waals surface area contributed by atoms with Gasteiger partial charge in [0.25, 0.3) is 11.8 Å². The van der Waals surface area contributed by atoms with E-state index < -0.39 is 30.1 Å². The lowest BCUT2D eigenvalue weighted by atomic mass is 10.1. The van der Waals surface area contributed by atoms with E-state index >= 15 is 0 Å². The van der Waals surface area contributed by atoms with E-state index in [0.717, 1.165) is 81.7 Å². The number of aliphatic hydroxyl groups excluding tert-OH is 1. The van der Waals surface area contributed by atoms with Crippen LogP contribution in [-0.4, -0.2) is 112 Å². The third-order valence-electron chi connectivity index (χ3n) is 13.4. The fourth-order valence-electron chi connectivity index (χ4n) is 8.78. The molecule has 9 aromatic carbocycles. The topological polar surface area (TPSA) is 298 Å². The molecule has 496 valence electrons. The Morgan fingerprint density at radius 3 is 1.26 bits per heavy atom. The van der Waals surface area contributed by atoms with Crippen LogP contribution >= 0.6 is 46.4 Å². The van der Waals surface area contributed by atoms with Gasteiger partial charge in [0.15, 0.2) is 0 Å². The Balaban J connectivity index is 0.000000164. The predicted molar refractivity (Wildman–Crippen MR) is 352 cm³/mol. The maximum Gasteiger partial charge on any atom is 0.490 e. The van der Waals surface area contributed by atoms with E-state index in [-0.39, 0.29) is 74.4 Å². The van der Waals surface area contributed by atoms with Crippen molar-refractivity contribution < 1.29 is 76.1 Å². The van der Waals surface area contributed by atoms with E-state index in [1.807, 2.05) is 170 Å². The van der Waals surface area contributed by atoms with Crippen LogP contribution in [0.2, 0.25) is 20.1 Å². The van der Waals surface area contributed by atoms with Crippen LogP contribution in [-0.2, 0) is 47.2 Å². The number of nitrogens with zero attached hydrogens (tertiary/aromatic N) is 7. The van der Waals surface area contributed by atoms with Crippen molar-refractivity contribution in [3.63, 3.8) is 0 Å². The van der Waals surface area contributed by atoms with Gasteiger partial charge in [-0.1, -0.05) is 157 Å². The minimum Gasteiger partial charge on any atom is -0.497 e. The number of alkyl halides is 3. The molecule has 3 heterocycles. The molecule has 0 atom stereocenters. The fraction of sp³-hybridized carbons (Fsp3) is 0.164. The summed E-state index contributed by atoms with van der Waals surface area (Å²) < 4.78 is 65.5. The van der Waals surface area contributed by atoms with E-state index in [4.69, 9.17) is 94.9 Å². The molecule has 12 aromatic rings. The lowest BCUT2D eigenvalue weighted by molar-refractivity contribution is -0.192. The molecule has 0 aliphatic rings. The van der Waals surface area contributed by atoms with Crippen molar-refractivity contribution in [2.24, 2.45) is 0 Å². The second-order valence-electron chi connectivity index (χ2n) is 20.1. The summed E-state index contributed by atoms with van der Waals surface area (Å²) in [6, 6.07) is 53.8. The number of hydrogen-bond donors (Lipinski definition) is 5. The number of nitrogens with one attached hydrogen (secondary N) is 2. The number of H-pyrrole nitrogens is 2. The molecule has 0 saturated heterocycles. The summed E-state index contributed by atoms with van der Waals surface area (Å²) >= 11 is 23.8. The minimum absolute atomic E-state index is 0.0290. The number of carboxylic acids is 2. The molecule has 0 saturated carbocycles. The lowest BCUT2D eigenvalue weighted by Gasteiger charge is -2.11. The van der Waals surface area contributed by atoms with E-state index in [2.05, 4.69) is 41.1 Å². The zero-order valence-corrected chi connectivity index (χ0v) is 53.8. The number of rotatable bonds is 18. The van der Waals surface area contributed by atoms with Crippen molar-refractivity contribution >= 4 is 113 Å². The highest BCUT2D eigenvalue weighted by Gasteiger charge is 2.38. The Bertz CT molecular complexity index is 4670. The average Bonchev–Trinajstić information content (AvgIpc) is 1.62. The first-order chi connectivity index (χ1) is 46.1. The van der Waals surface area contributed by atoms with Crippen LogP contribution < -0.4 is 18.9 Å². The van der Waals surface area contributed by atoms with Gasteiger partial charge >= 0.3 is 30.1 Å². The van der Waals surface area contributed by atoms with Crippen LogP contribution in [0.1, 0.15) is 73.1 Å². The van der Waals surface area contributed by atoms with Crippen molar-refractivity contribution in [2.75, 3.05) is 20.3 Å². The number of esters is 2. The van der Waals surface area contributed by atoms with E-state index in [9.17, 15) is 27.6 Å². The summed E-state index contributed by atoms with van der Waals surface area (Å²) in [5, 5.41) is 63.5. The zero-order chi connectivity index (χ0) is 68.9. The number of halogens is 7. The molecule has 0 bridgehead atoms. The number of ether oxygens (including phenoxy) is 6. The van der Waals surface area contributed by atoms with Crippen LogP contribution in [0.25, 0.3) is 43.1 Å². The molecule has 0 unspecified atom stereocenters. The molecule has 0 aliphatic heterocycles. The first-order valence-corrected chi connectivity index (χ1v) is 30.1. The van der Waals surface area contributed by atoms with Crippen molar-refractivity contribution in [1.29, 1.82) is 0 Å². The number of benzene rings is 9. The van der Waals surface area contributed by atoms with Gasteiger partial charge in [0.05, 0.1) is 33.5 Å². The molecule has 3 aromatic heterocycles. The molecule has 0 spiro atoms. The number of hydrogen-bond acceptors (Lipinski definition) is 17. The Morgan fingerprint density at radius 1 is 0.490 bits per heavy atom. The van der Waals surface area contributed by atoms with Crippen LogP contribution in [0.3, 0.4) is 0 Å². The molecule has 0 amide bonds. The average molecular weight is 1390 g/mol. The van der Waals surface area contributed by atoms with Gasteiger partial charge in [-0.2, -0.15) is 13.2 Å². The summed E-state index contributed by atoms with van der Waals surface area (Å²) in [7, 11) is 1.62. The number of aromatic carboxylic acids is 1. The molecule has 22 nitrogen and oxygen atoms in total. The quantitative estimate of drug-likeness (QED) is 0.0499. The largest absolute Gasteiger partial charge is 0.497 e. The SMILES string of the molecule is CCOC(=O)c1[nH]nnc1OCc1ccc2cc(Cl)ccc2c1.CCOC(=O)c1nnn(Cc2ccc(OC)cc2)c1OCc1ccc2cc(Cl)ccc2c1.O=C(O)C(F)(F)F.O=C(O)c1[nH]nnc1OCc1ccc2cc(Cl)ccc2c1.OCc1ccc2cc(Cl)ccc2c1. The molecule has 96 heavy (non-hydrogen) atoms. The van der Waals surface area contributed by atoms with E-state index in [1.165, 1.54) is 0 Å². The Labute approximate surface area is 563 Å². The molecule has 5 N–H and O–H groups in total. The second kappa shape index (κ2) is 34.0. The molecule has 0 fully saturated rings. The molecule has 0 aliphatic carbocycles. The lowest BCUT2D eigenvalue weighted by Crippen LogP contribution is -2.21.